The van der Waals surface area contributed by atoms with E-state index in [0.29, 0.717) is 6.54 Å². The number of imide groups is 1. The normalized spacial score (nSPS) is 36.3. The van der Waals surface area contributed by atoms with Crippen LogP contribution < -0.4 is 5.32 Å². The monoisotopic (exact) mass is 210 g/mol. The highest BCUT2D eigenvalue weighted by molar-refractivity contribution is 6.05. The molecule has 2 rings (SSSR count). The van der Waals surface area contributed by atoms with E-state index in [1.807, 2.05) is 0 Å². The highest BCUT2D eigenvalue weighted by atomic mass is 16.2. The van der Waals surface area contributed by atoms with Crippen LogP contribution in [0.3, 0.4) is 0 Å². The second-order valence-corrected chi connectivity index (χ2v) is 5.62. The molecule has 0 aromatic rings. The lowest BCUT2D eigenvalue weighted by Crippen LogP contribution is -2.44. The molecule has 0 radical (unpaired) electrons. The Labute approximate surface area is 90.0 Å². The van der Waals surface area contributed by atoms with Crippen LogP contribution in [0.2, 0.25) is 0 Å². The Bertz CT molecular complexity index is 319. The topological polar surface area (TPSA) is 49.4 Å². The molecule has 2 aliphatic rings. The summed E-state index contributed by atoms with van der Waals surface area (Å²) in [5.41, 5.74) is 0.0144. The first-order valence-corrected chi connectivity index (χ1v) is 5.39. The van der Waals surface area contributed by atoms with Crippen LogP contribution in [0.5, 0.6) is 0 Å². The molecule has 0 unspecified atom stereocenters. The van der Waals surface area contributed by atoms with Gasteiger partial charge in [-0.05, 0) is 5.41 Å². The Morgan fingerprint density at radius 2 is 1.87 bits per heavy atom. The average Bonchev–Trinajstić information content (AvgIpc) is 2.63. The molecule has 0 saturated carbocycles. The van der Waals surface area contributed by atoms with Gasteiger partial charge in [-0.3, -0.25) is 14.5 Å². The third kappa shape index (κ3) is 1.39. The molecule has 0 aromatic carbocycles. The van der Waals surface area contributed by atoms with Crippen molar-refractivity contribution in [2.75, 3.05) is 13.6 Å². The first kappa shape index (κ1) is 10.6. The third-order valence-electron chi connectivity index (χ3n) is 3.55. The van der Waals surface area contributed by atoms with Gasteiger partial charge in [0.15, 0.2) is 0 Å². The molecule has 2 fully saturated rings. The van der Waals surface area contributed by atoms with Gasteiger partial charge in [0.05, 0.1) is 11.8 Å². The molecule has 2 heterocycles. The van der Waals surface area contributed by atoms with Crippen LogP contribution in [0.25, 0.3) is 0 Å². The lowest BCUT2D eigenvalue weighted by molar-refractivity contribution is -0.139. The quantitative estimate of drug-likeness (QED) is 0.582. The molecule has 4 nitrogen and oxygen atoms in total. The van der Waals surface area contributed by atoms with Crippen LogP contribution >= 0.6 is 0 Å². The number of rotatable bonds is 0. The molecule has 0 aliphatic carbocycles. The summed E-state index contributed by atoms with van der Waals surface area (Å²) in [7, 11) is 1.59. The van der Waals surface area contributed by atoms with Crippen LogP contribution in [0.15, 0.2) is 0 Å². The Morgan fingerprint density at radius 3 is 2.40 bits per heavy atom. The maximum atomic E-state index is 11.9. The number of carbonyl (C=O) groups is 2. The van der Waals surface area contributed by atoms with E-state index in [0.717, 1.165) is 0 Å². The van der Waals surface area contributed by atoms with Crippen molar-refractivity contribution in [2.45, 2.75) is 26.8 Å². The molecule has 15 heavy (non-hydrogen) atoms. The first-order valence-electron chi connectivity index (χ1n) is 5.39. The fraction of sp³-hybridized carbons (Fsp3) is 0.818. The van der Waals surface area contributed by atoms with E-state index in [2.05, 4.69) is 26.1 Å². The minimum atomic E-state index is -0.150. The van der Waals surface area contributed by atoms with Gasteiger partial charge >= 0.3 is 0 Å². The van der Waals surface area contributed by atoms with Crippen LogP contribution in [-0.2, 0) is 9.59 Å². The lowest BCUT2D eigenvalue weighted by Gasteiger charge is -2.30. The molecule has 0 aromatic heterocycles. The lowest BCUT2D eigenvalue weighted by atomic mass is 9.78. The van der Waals surface area contributed by atoms with Crippen molar-refractivity contribution in [1.82, 2.24) is 10.2 Å². The number of fused-ring (bicyclic) bond motifs is 1. The van der Waals surface area contributed by atoms with Crippen molar-refractivity contribution in [3.63, 3.8) is 0 Å². The van der Waals surface area contributed by atoms with Gasteiger partial charge in [-0.15, -0.1) is 0 Å². The Morgan fingerprint density at radius 1 is 1.27 bits per heavy atom. The predicted octanol–water partition coefficient (Wildman–Crippen LogP) is 0.235. The zero-order chi connectivity index (χ0) is 11.4. The van der Waals surface area contributed by atoms with Gasteiger partial charge in [-0.2, -0.15) is 0 Å². The standard InChI is InChI=1S/C11H18N2O2/c1-11(2,3)8-7-6(5-12-8)9(14)13(4)10(7)15/h6-8,12H,5H2,1-4H3/t6-,7-,8+/m1/s1. The van der Waals surface area contributed by atoms with Crippen molar-refractivity contribution in [3.8, 4) is 0 Å². The number of nitrogens with zero attached hydrogens (tertiary/aromatic N) is 1. The van der Waals surface area contributed by atoms with Crippen molar-refractivity contribution in [2.24, 2.45) is 17.3 Å². The van der Waals surface area contributed by atoms with E-state index in [-0.39, 0.29) is 35.1 Å². The average molecular weight is 210 g/mol. The van der Waals surface area contributed by atoms with E-state index in [9.17, 15) is 9.59 Å². The minimum absolute atomic E-state index is 0.0144. The van der Waals surface area contributed by atoms with Crippen LogP contribution in [0.1, 0.15) is 20.8 Å². The molecule has 2 aliphatic heterocycles. The highest BCUT2D eigenvalue weighted by Gasteiger charge is 2.55. The smallest absolute Gasteiger partial charge is 0.234 e. The number of nitrogens with one attached hydrogen (secondary N) is 1. The van der Waals surface area contributed by atoms with Crippen LogP contribution in [0, 0.1) is 17.3 Å². The fourth-order valence-electron chi connectivity index (χ4n) is 2.72. The summed E-state index contributed by atoms with van der Waals surface area (Å²) in [5.74, 6) is -0.326. The molecular weight excluding hydrogens is 192 g/mol. The Balaban J connectivity index is 2.31. The summed E-state index contributed by atoms with van der Waals surface area (Å²) in [4.78, 5) is 24.9. The van der Waals surface area contributed by atoms with Gasteiger partial charge in [0, 0.05) is 19.6 Å². The largest absolute Gasteiger partial charge is 0.312 e. The molecule has 4 heteroatoms. The number of hydrogen-bond acceptors (Lipinski definition) is 3. The third-order valence-corrected chi connectivity index (χ3v) is 3.55. The van der Waals surface area contributed by atoms with Crippen molar-refractivity contribution in [1.29, 1.82) is 0 Å². The molecule has 0 spiro atoms. The molecule has 3 atom stereocenters. The zero-order valence-electron chi connectivity index (χ0n) is 9.70. The predicted molar refractivity (Wildman–Crippen MR) is 56.0 cm³/mol. The van der Waals surface area contributed by atoms with Gasteiger partial charge in [-0.25, -0.2) is 0 Å². The first-order chi connectivity index (χ1) is 6.84. The summed E-state index contributed by atoms with van der Waals surface area (Å²) in [6, 6.07) is 0.115. The SMILES string of the molecule is CN1C(=O)[C@@H]2[C@@H](CN[C@@H]2C(C)(C)C)C1=O. The van der Waals surface area contributed by atoms with Gasteiger partial charge in [0.25, 0.3) is 0 Å². The summed E-state index contributed by atoms with van der Waals surface area (Å²) >= 11 is 0. The van der Waals surface area contributed by atoms with E-state index in [1.54, 1.807) is 7.05 Å². The highest BCUT2D eigenvalue weighted by Crippen LogP contribution is 2.39. The summed E-state index contributed by atoms with van der Waals surface area (Å²) in [6.45, 7) is 6.94. The molecule has 0 bridgehead atoms. The van der Waals surface area contributed by atoms with Crippen molar-refractivity contribution < 1.29 is 9.59 Å². The molecular formula is C11H18N2O2. The maximum Gasteiger partial charge on any atom is 0.234 e. The number of hydrogen-bond donors (Lipinski definition) is 1. The van der Waals surface area contributed by atoms with E-state index in [4.69, 9.17) is 0 Å². The Kier molecular flexibility index (Phi) is 2.15. The van der Waals surface area contributed by atoms with Crippen molar-refractivity contribution >= 4 is 11.8 Å². The van der Waals surface area contributed by atoms with Crippen LogP contribution in [0.4, 0.5) is 0 Å². The molecule has 1 N–H and O–H groups in total. The second-order valence-electron chi connectivity index (χ2n) is 5.62. The van der Waals surface area contributed by atoms with E-state index >= 15 is 0 Å². The summed E-state index contributed by atoms with van der Waals surface area (Å²) in [5, 5.41) is 3.31. The molecule has 2 saturated heterocycles. The van der Waals surface area contributed by atoms with E-state index < -0.39 is 0 Å². The van der Waals surface area contributed by atoms with Gasteiger partial charge < -0.3 is 5.32 Å². The minimum Gasteiger partial charge on any atom is -0.312 e. The second kappa shape index (κ2) is 3.04. The molecule has 2 amide bonds. The van der Waals surface area contributed by atoms with Crippen molar-refractivity contribution in [3.05, 3.63) is 0 Å². The zero-order valence-corrected chi connectivity index (χ0v) is 9.70. The number of amides is 2. The molecule has 84 valence electrons. The van der Waals surface area contributed by atoms with Crippen LogP contribution in [-0.4, -0.2) is 36.3 Å². The van der Waals surface area contributed by atoms with Gasteiger partial charge in [0.2, 0.25) is 11.8 Å². The number of likely N-dealkylation sites (tertiary alicyclic amines) is 1. The summed E-state index contributed by atoms with van der Waals surface area (Å²) < 4.78 is 0. The van der Waals surface area contributed by atoms with Gasteiger partial charge in [0.1, 0.15) is 0 Å². The number of carbonyl (C=O) groups excluding carboxylic acids is 2. The maximum absolute atomic E-state index is 11.9. The Hall–Kier alpha value is -0.900. The fourth-order valence-corrected chi connectivity index (χ4v) is 2.72. The van der Waals surface area contributed by atoms with E-state index in [1.165, 1.54) is 4.90 Å². The summed E-state index contributed by atoms with van der Waals surface area (Å²) in [6.07, 6.45) is 0. The van der Waals surface area contributed by atoms with Gasteiger partial charge in [-0.1, -0.05) is 20.8 Å².